The molecule has 192 valence electrons. The third-order valence-corrected chi connectivity index (χ3v) is 8.04. The van der Waals surface area contributed by atoms with Gasteiger partial charge in [0.15, 0.2) is 5.78 Å². The maximum Gasteiger partial charge on any atom is 0.443 e. The highest BCUT2D eigenvalue weighted by Crippen LogP contribution is 2.66. The molecule has 0 aromatic heterocycles. The van der Waals surface area contributed by atoms with Gasteiger partial charge in [-0.25, -0.2) is 9.59 Å². The molecule has 0 bridgehead atoms. The maximum absolute atomic E-state index is 13.6. The molecule has 0 unspecified atom stereocenters. The summed E-state index contributed by atoms with van der Waals surface area (Å²) in [5.41, 5.74) is -2.67. The lowest BCUT2D eigenvalue weighted by Crippen LogP contribution is -2.78. The number of Topliss-reactive ketones (excluding diaryl/α,β-unsaturated/α-hetero) is 1. The van der Waals surface area contributed by atoms with E-state index in [1.54, 1.807) is 19.9 Å². The van der Waals surface area contributed by atoms with Crippen LogP contribution in [-0.2, 0) is 19.2 Å². The van der Waals surface area contributed by atoms with Crippen LogP contribution in [0, 0.1) is 28.6 Å². The van der Waals surface area contributed by atoms with E-state index in [0.29, 0.717) is 6.42 Å². The van der Waals surface area contributed by atoms with Crippen LogP contribution in [0.4, 0.5) is 4.79 Å². The van der Waals surface area contributed by atoms with Crippen molar-refractivity contribution in [1.82, 2.24) is 5.48 Å². The normalized spacial score (nSPS) is 37.5. The van der Waals surface area contributed by atoms with Gasteiger partial charge in [0.05, 0.1) is 11.5 Å². The van der Waals surface area contributed by atoms with E-state index in [2.05, 4.69) is 18.0 Å². The van der Waals surface area contributed by atoms with Gasteiger partial charge in [-0.05, 0) is 43.9 Å². The van der Waals surface area contributed by atoms with Crippen LogP contribution in [0.1, 0.15) is 67.2 Å². The standard InChI is InChI=1S/C25H39NO8/c1-9-15(4)12-18(28)25(32)16(5)13-17(27)19-22(6,7)10-11-24(31,23(19,25)8)33-21(30)26-34-20(29)14(2)3/h9,15-17,19,27,31-32H,1-2,10-13H2,3-8H3,(H,26,30)/t15-,16+,17-,19+,23-,24-,25+/m1/s1. The SMILES string of the molecule is C=C[C@@H](C)CC(=O)[C@@]1(O)[C@@H](C)C[C@@H](O)[C@H]2C(C)(C)CC[C@@](O)(OC(=O)NOC(=O)C(=C)C)[C@@]21C. The number of aliphatic hydroxyl groups is 3. The van der Waals surface area contributed by atoms with Gasteiger partial charge in [-0.15, -0.1) is 12.1 Å². The Morgan fingerprint density at radius 2 is 1.79 bits per heavy atom. The van der Waals surface area contributed by atoms with E-state index in [-0.39, 0.29) is 30.8 Å². The van der Waals surface area contributed by atoms with Crippen molar-refractivity contribution < 1.29 is 39.3 Å². The number of amides is 1. The summed E-state index contributed by atoms with van der Waals surface area (Å²) >= 11 is 0. The molecule has 0 heterocycles. The number of allylic oxidation sites excluding steroid dienone is 1. The van der Waals surface area contributed by atoms with Gasteiger partial charge >= 0.3 is 12.1 Å². The number of fused-ring (bicyclic) bond motifs is 1. The minimum absolute atomic E-state index is 0.0333. The molecule has 0 aromatic rings. The van der Waals surface area contributed by atoms with E-state index in [0.717, 1.165) is 0 Å². The van der Waals surface area contributed by atoms with E-state index in [1.165, 1.54) is 13.8 Å². The van der Waals surface area contributed by atoms with E-state index in [9.17, 15) is 29.7 Å². The van der Waals surface area contributed by atoms with E-state index < -0.39 is 58.0 Å². The third kappa shape index (κ3) is 4.41. The zero-order chi connectivity index (χ0) is 26.3. The first-order chi connectivity index (χ1) is 15.5. The highest BCUT2D eigenvalue weighted by Gasteiger charge is 2.76. The average Bonchev–Trinajstić information content (AvgIpc) is 2.73. The maximum atomic E-state index is 13.6. The molecule has 7 atom stereocenters. The molecule has 9 heteroatoms. The number of hydrogen-bond acceptors (Lipinski definition) is 8. The van der Waals surface area contributed by atoms with Crippen LogP contribution >= 0.6 is 0 Å². The Bertz CT molecular complexity index is 869. The summed E-state index contributed by atoms with van der Waals surface area (Å²) in [6.07, 6.45) is -0.338. The lowest BCUT2D eigenvalue weighted by Gasteiger charge is -2.67. The van der Waals surface area contributed by atoms with E-state index >= 15 is 0 Å². The van der Waals surface area contributed by atoms with Crippen molar-refractivity contribution >= 4 is 17.8 Å². The second kappa shape index (κ2) is 9.43. The van der Waals surface area contributed by atoms with E-state index in [4.69, 9.17) is 4.74 Å². The number of ether oxygens (including phenoxy) is 1. The molecule has 2 aliphatic carbocycles. The van der Waals surface area contributed by atoms with Crippen LogP contribution in [0.2, 0.25) is 0 Å². The molecule has 4 N–H and O–H groups in total. The second-order valence-electron chi connectivity index (χ2n) is 10.9. The monoisotopic (exact) mass is 481 g/mol. The lowest BCUT2D eigenvalue weighted by atomic mass is 9.41. The molecular formula is C25H39NO8. The van der Waals surface area contributed by atoms with Crippen molar-refractivity contribution in [3.8, 4) is 0 Å². The molecule has 2 saturated carbocycles. The van der Waals surface area contributed by atoms with Gasteiger partial charge in [-0.3, -0.25) is 4.79 Å². The third-order valence-electron chi connectivity index (χ3n) is 8.04. The molecule has 0 aromatic carbocycles. The van der Waals surface area contributed by atoms with Gasteiger partial charge in [0.25, 0.3) is 0 Å². The van der Waals surface area contributed by atoms with Crippen LogP contribution in [0.15, 0.2) is 24.8 Å². The number of hydrogen-bond donors (Lipinski definition) is 4. The number of hydroxylamine groups is 1. The van der Waals surface area contributed by atoms with E-state index in [1.807, 2.05) is 19.3 Å². The number of ketones is 1. The fourth-order valence-corrected chi connectivity index (χ4v) is 6.15. The highest BCUT2D eigenvalue weighted by atomic mass is 16.7. The van der Waals surface area contributed by atoms with Gasteiger partial charge in [-0.1, -0.05) is 40.3 Å². The minimum Gasteiger partial charge on any atom is -0.414 e. The summed E-state index contributed by atoms with van der Waals surface area (Å²) in [6.45, 7) is 17.2. The zero-order valence-corrected chi connectivity index (χ0v) is 21.0. The average molecular weight is 482 g/mol. The summed E-state index contributed by atoms with van der Waals surface area (Å²) in [6, 6.07) is 0. The van der Waals surface area contributed by atoms with Crippen molar-refractivity contribution in [2.45, 2.75) is 84.7 Å². The summed E-state index contributed by atoms with van der Waals surface area (Å²) in [5, 5.41) is 35.1. The van der Waals surface area contributed by atoms with Crippen LogP contribution in [-0.4, -0.2) is 50.7 Å². The molecule has 34 heavy (non-hydrogen) atoms. The summed E-state index contributed by atoms with van der Waals surface area (Å²) < 4.78 is 5.40. The first-order valence-electron chi connectivity index (χ1n) is 11.6. The van der Waals surface area contributed by atoms with Gasteiger partial charge in [-0.2, -0.15) is 0 Å². The van der Waals surface area contributed by atoms with Crippen LogP contribution in [0.5, 0.6) is 0 Å². The molecule has 2 fully saturated rings. The molecule has 9 nitrogen and oxygen atoms in total. The van der Waals surface area contributed by atoms with Gasteiger partial charge in [0, 0.05) is 24.3 Å². The lowest BCUT2D eigenvalue weighted by molar-refractivity contribution is -0.362. The quantitative estimate of drug-likeness (QED) is 0.196. The Morgan fingerprint density at radius 3 is 2.32 bits per heavy atom. The molecule has 2 aliphatic rings. The predicted octanol–water partition coefficient (Wildman–Crippen LogP) is 2.79. The number of carbonyl (C=O) groups is 3. The first-order valence-corrected chi connectivity index (χ1v) is 11.6. The van der Waals surface area contributed by atoms with Gasteiger partial charge < -0.3 is 24.9 Å². The summed E-state index contributed by atoms with van der Waals surface area (Å²) in [5.74, 6) is -5.57. The fourth-order valence-electron chi connectivity index (χ4n) is 6.15. The van der Waals surface area contributed by atoms with Gasteiger partial charge in [0.2, 0.25) is 5.79 Å². The highest BCUT2D eigenvalue weighted by molar-refractivity contribution is 5.89. The Balaban J connectivity index is 2.58. The van der Waals surface area contributed by atoms with Crippen LogP contribution in [0.25, 0.3) is 0 Å². The molecule has 2 rings (SSSR count). The Hall–Kier alpha value is -2.23. The molecule has 0 spiro atoms. The van der Waals surface area contributed by atoms with Crippen molar-refractivity contribution in [1.29, 1.82) is 0 Å². The Morgan fingerprint density at radius 1 is 1.21 bits per heavy atom. The zero-order valence-electron chi connectivity index (χ0n) is 21.0. The van der Waals surface area contributed by atoms with Crippen molar-refractivity contribution in [3.05, 3.63) is 24.8 Å². The van der Waals surface area contributed by atoms with Crippen molar-refractivity contribution in [2.24, 2.45) is 28.6 Å². The Labute approximate surface area is 201 Å². The number of nitrogens with one attached hydrogen (secondary N) is 1. The molecule has 0 radical (unpaired) electrons. The summed E-state index contributed by atoms with van der Waals surface area (Å²) in [4.78, 5) is 42.4. The summed E-state index contributed by atoms with van der Waals surface area (Å²) in [7, 11) is 0. The smallest absolute Gasteiger partial charge is 0.414 e. The fraction of sp³-hybridized carbons (Fsp3) is 0.720. The second-order valence-corrected chi connectivity index (χ2v) is 10.9. The largest absolute Gasteiger partial charge is 0.443 e. The van der Waals surface area contributed by atoms with Crippen molar-refractivity contribution in [2.75, 3.05) is 0 Å². The first kappa shape index (κ1) is 28.0. The van der Waals surface area contributed by atoms with Crippen molar-refractivity contribution in [3.63, 3.8) is 0 Å². The number of rotatable bonds is 6. The molecular weight excluding hydrogens is 442 g/mol. The van der Waals surface area contributed by atoms with Gasteiger partial charge in [0.1, 0.15) is 5.60 Å². The Kier molecular flexibility index (Phi) is 7.77. The molecule has 0 saturated heterocycles. The number of aliphatic hydroxyl groups excluding tert-OH is 1. The van der Waals surface area contributed by atoms with Crippen LogP contribution in [0.3, 0.4) is 0 Å². The predicted molar refractivity (Wildman–Crippen MR) is 124 cm³/mol. The molecule has 0 aliphatic heterocycles. The van der Waals surface area contributed by atoms with Crippen LogP contribution < -0.4 is 5.48 Å². The molecule has 1 amide bonds. The minimum atomic E-state index is -2.36. The topological polar surface area (TPSA) is 142 Å². The number of carbonyl (C=O) groups excluding carboxylic acids is 3.